The maximum absolute atomic E-state index is 13.1. The third-order valence-corrected chi connectivity index (χ3v) is 3.95. The number of hydrogen-bond acceptors (Lipinski definition) is 3. The molecule has 1 aromatic rings. The Morgan fingerprint density at radius 2 is 1.91 bits per heavy atom. The van der Waals surface area contributed by atoms with Crippen molar-refractivity contribution < 1.29 is 18.3 Å². The molecule has 0 radical (unpaired) electrons. The van der Waals surface area contributed by atoms with E-state index in [2.05, 4.69) is 0 Å². The van der Waals surface area contributed by atoms with Crippen LogP contribution in [0.15, 0.2) is 30.3 Å². The Balaban J connectivity index is 1.82. The van der Waals surface area contributed by atoms with E-state index in [1.165, 1.54) is 4.90 Å². The molecule has 0 aliphatic carbocycles. The van der Waals surface area contributed by atoms with E-state index in [9.17, 15) is 13.6 Å². The molecule has 122 valence electrons. The fraction of sp³-hybridized carbons (Fsp3) is 0.562. The van der Waals surface area contributed by atoms with Crippen LogP contribution in [0.25, 0.3) is 0 Å². The number of nitrogens with zero attached hydrogens (tertiary/aromatic N) is 1. The molecule has 0 saturated carbocycles. The molecule has 2 rings (SSSR count). The van der Waals surface area contributed by atoms with E-state index in [4.69, 9.17) is 10.5 Å². The van der Waals surface area contributed by atoms with Gasteiger partial charge in [0.15, 0.2) is 0 Å². The van der Waals surface area contributed by atoms with Crippen LogP contribution < -0.4 is 5.73 Å². The Bertz CT molecular complexity index is 486. The summed E-state index contributed by atoms with van der Waals surface area (Å²) in [6, 6.07) is 8.73. The topological polar surface area (TPSA) is 55.6 Å². The molecule has 1 fully saturated rings. The highest BCUT2D eigenvalue weighted by molar-refractivity contribution is 5.82. The van der Waals surface area contributed by atoms with E-state index >= 15 is 0 Å². The quantitative estimate of drug-likeness (QED) is 0.906. The van der Waals surface area contributed by atoms with E-state index in [1.807, 2.05) is 30.3 Å². The fourth-order valence-electron chi connectivity index (χ4n) is 2.37. The van der Waals surface area contributed by atoms with Gasteiger partial charge in [0.1, 0.15) is 6.04 Å². The highest BCUT2D eigenvalue weighted by Gasteiger charge is 2.37. The van der Waals surface area contributed by atoms with Gasteiger partial charge in [-0.25, -0.2) is 8.78 Å². The zero-order valence-corrected chi connectivity index (χ0v) is 12.7. The van der Waals surface area contributed by atoms with E-state index in [0.717, 1.165) is 5.56 Å². The maximum Gasteiger partial charge on any atom is 0.251 e. The molecule has 1 saturated heterocycles. The van der Waals surface area contributed by atoms with Crippen molar-refractivity contribution in [1.82, 2.24) is 4.90 Å². The molecular formula is C16H22F2N2O2. The van der Waals surface area contributed by atoms with Gasteiger partial charge in [0.2, 0.25) is 5.91 Å². The van der Waals surface area contributed by atoms with Crippen LogP contribution >= 0.6 is 0 Å². The zero-order chi connectivity index (χ0) is 16.2. The predicted molar refractivity (Wildman–Crippen MR) is 79.4 cm³/mol. The van der Waals surface area contributed by atoms with Crippen LogP contribution in [-0.2, 0) is 16.1 Å². The largest absolute Gasteiger partial charge is 0.372 e. The first kappa shape index (κ1) is 16.8. The van der Waals surface area contributed by atoms with Crippen molar-refractivity contribution in [3.8, 4) is 0 Å². The van der Waals surface area contributed by atoms with Gasteiger partial charge in [-0.15, -0.1) is 0 Å². The standard InChI is InChI=1S/C16H22F2N2O2/c1-12(22-11-13-5-3-2-4-6-13)14(19)15(21)20-9-7-16(17,18)8-10-20/h2-6,12,14H,7-11,19H2,1H3/t12-,14+/m1/s1. The summed E-state index contributed by atoms with van der Waals surface area (Å²) in [4.78, 5) is 13.6. The number of amides is 1. The first-order valence-electron chi connectivity index (χ1n) is 7.47. The summed E-state index contributed by atoms with van der Waals surface area (Å²) >= 11 is 0. The molecule has 4 nitrogen and oxygen atoms in total. The summed E-state index contributed by atoms with van der Waals surface area (Å²) in [7, 11) is 0. The second-order valence-electron chi connectivity index (χ2n) is 5.71. The number of carbonyl (C=O) groups excluding carboxylic acids is 1. The van der Waals surface area contributed by atoms with Crippen LogP contribution in [0.4, 0.5) is 8.78 Å². The van der Waals surface area contributed by atoms with Gasteiger partial charge in [-0.3, -0.25) is 4.79 Å². The van der Waals surface area contributed by atoms with Gasteiger partial charge in [-0.2, -0.15) is 0 Å². The Labute approximate surface area is 129 Å². The molecule has 0 aromatic heterocycles. The molecule has 1 heterocycles. The van der Waals surface area contributed by atoms with Gasteiger partial charge in [-0.05, 0) is 12.5 Å². The number of benzene rings is 1. The number of piperidine rings is 1. The lowest BCUT2D eigenvalue weighted by molar-refractivity contribution is -0.142. The maximum atomic E-state index is 13.1. The molecule has 22 heavy (non-hydrogen) atoms. The summed E-state index contributed by atoms with van der Waals surface area (Å²) in [5.41, 5.74) is 6.91. The van der Waals surface area contributed by atoms with Gasteiger partial charge in [0.25, 0.3) is 5.92 Å². The minimum atomic E-state index is -2.67. The summed E-state index contributed by atoms with van der Waals surface area (Å²) in [6.45, 7) is 2.18. The van der Waals surface area contributed by atoms with E-state index in [1.54, 1.807) is 6.92 Å². The Kier molecular flexibility index (Phi) is 5.47. The minimum absolute atomic E-state index is 0.0466. The van der Waals surface area contributed by atoms with Crippen LogP contribution in [0.5, 0.6) is 0 Å². The first-order valence-corrected chi connectivity index (χ1v) is 7.47. The van der Waals surface area contributed by atoms with Crippen LogP contribution in [0, 0.1) is 0 Å². The van der Waals surface area contributed by atoms with Crippen LogP contribution in [0.2, 0.25) is 0 Å². The molecule has 2 atom stereocenters. The van der Waals surface area contributed by atoms with Gasteiger partial charge in [-0.1, -0.05) is 30.3 Å². The van der Waals surface area contributed by atoms with Crippen LogP contribution in [0.1, 0.15) is 25.3 Å². The van der Waals surface area contributed by atoms with Crippen molar-refractivity contribution in [2.75, 3.05) is 13.1 Å². The molecule has 0 spiro atoms. The highest BCUT2D eigenvalue weighted by Crippen LogP contribution is 2.28. The van der Waals surface area contributed by atoms with E-state index in [-0.39, 0.29) is 31.8 Å². The number of nitrogens with two attached hydrogens (primary N) is 1. The molecular weight excluding hydrogens is 290 g/mol. The number of alkyl halides is 2. The second kappa shape index (κ2) is 7.15. The summed E-state index contributed by atoms with van der Waals surface area (Å²) < 4.78 is 31.9. The lowest BCUT2D eigenvalue weighted by Gasteiger charge is -2.34. The summed E-state index contributed by atoms with van der Waals surface area (Å²) in [6.07, 6.45) is -1.08. The lowest BCUT2D eigenvalue weighted by Crippen LogP contribution is -2.53. The number of hydrogen-bond donors (Lipinski definition) is 1. The Hall–Kier alpha value is -1.53. The normalized spacial score (nSPS) is 20.5. The molecule has 0 unspecified atom stereocenters. The summed E-state index contributed by atoms with van der Waals surface area (Å²) in [5, 5.41) is 0. The number of likely N-dealkylation sites (tertiary alicyclic amines) is 1. The smallest absolute Gasteiger partial charge is 0.251 e. The van der Waals surface area contributed by atoms with Crippen LogP contribution in [-0.4, -0.2) is 42.0 Å². The van der Waals surface area contributed by atoms with Crippen molar-refractivity contribution in [3.05, 3.63) is 35.9 Å². The first-order chi connectivity index (χ1) is 10.4. The van der Waals surface area contributed by atoms with Crippen molar-refractivity contribution in [2.45, 2.75) is 44.4 Å². The molecule has 2 N–H and O–H groups in total. The number of halogens is 2. The minimum Gasteiger partial charge on any atom is -0.372 e. The molecule has 0 bridgehead atoms. The van der Waals surface area contributed by atoms with Crippen LogP contribution in [0.3, 0.4) is 0 Å². The molecule has 1 aliphatic heterocycles. The Morgan fingerprint density at radius 3 is 2.50 bits per heavy atom. The molecule has 6 heteroatoms. The molecule has 1 aromatic carbocycles. The molecule has 1 aliphatic rings. The molecule has 1 amide bonds. The van der Waals surface area contributed by atoms with E-state index in [0.29, 0.717) is 6.61 Å². The van der Waals surface area contributed by atoms with Gasteiger partial charge >= 0.3 is 0 Å². The van der Waals surface area contributed by atoms with E-state index < -0.39 is 18.1 Å². The van der Waals surface area contributed by atoms with Crippen molar-refractivity contribution in [3.63, 3.8) is 0 Å². The second-order valence-corrected chi connectivity index (χ2v) is 5.71. The predicted octanol–water partition coefficient (Wildman–Crippen LogP) is 2.18. The Morgan fingerprint density at radius 1 is 1.32 bits per heavy atom. The number of rotatable bonds is 5. The number of carbonyl (C=O) groups is 1. The van der Waals surface area contributed by atoms with Crippen molar-refractivity contribution in [2.24, 2.45) is 5.73 Å². The third-order valence-electron chi connectivity index (χ3n) is 3.95. The fourth-order valence-corrected chi connectivity index (χ4v) is 2.37. The van der Waals surface area contributed by atoms with Crippen molar-refractivity contribution in [1.29, 1.82) is 0 Å². The summed E-state index contributed by atoms with van der Waals surface area (Å²) in [5.74, 6) is -2.99. The number of ether oxygens (including phenoxy) is 1. The third kappa shape index (κ3) is 4.48. The average Bonchev–Trinajstić information content (AvgIpc) is 2.52. The van der Waals surface area contributed by atoms with Gasteiger partial charge in [0, 0.05) is 25.9 Å². The lowest BCUT2D eigenvalue weighted by atomic mass is 10.0. The average molecular weight is 312 g/mol. The van der Waals surface area contributed by atoms with Crippen molar-refractivity contribution >= 4 is 5.91 Å². The monoisotopic (exact) mass is 312 g/mol. The zero-order valence-electron chi connectivity index (χ0n) is 12.7. The highest BCUT2D eigenvalue weighted by atomic mass is 19.3. The van der Waals surface area contributed by atoms with Gasteiger partial charge in [0.05, 0.1) is 12.7 Å². The van der Waals surface area contributed by atoms with Gasteiger partial charge < -0.3 is 15.4 Å². The SMILES string of the molecule is C[C@@H](OCc1ccccc1)[C@H](N)C(=O)N1CCC(F)(F)CC1.